The van der Waals surface area contributed by atoms with E-state index < -0.39 is 9.84 Å². The summed E-state index contributed by atoms with van der Waals surface area (Å²) in [5, 5.41) is 6.38. The minimum atomic E-state index is -3.25. The molecule has 0 saturated heterocycles. The van der Waals surface area contributed by atoms with E-state index >= 15 is 0 Å². The molecule has 0 aromatic heterocycles. The van der Waals surface area contributed by atoms with Gasteiger partial charge in [0.25, 0.3) is 0 Å². The first-order valence-corrected chi connectivity index (χ1v) is 10.8. The van der Waals surface area contributed by atoms with E-state index in [4.69, 9.17) is 9.47 Å². The maximum Gasteiger partial charge on any atom is 0.231 e. The normalized spacial score (nSPS) is 12.9. The fourth-order valence-electron chi connectivity index (χ4n) is 2.86. The third-order valence-electron chi connectivity index (χ3n) is 4.35. The van der Waals surface area contributed by atoms with Gasteiger partial charge in [-0.1, -0.05) is 24.3 Å². The van der Waals surface area contributed by atoms with Gasteiger partial charge in [-0.25, -0.2) is 8.42 Å². The third kappa shape index (κ3) is 6.77. The fraction of sp³-hybridized carbons (Fsp3) is 0.350. The van der Waals surface area contributed by atoms with Gasteiger partial charge in [0.15, 0.2) is 27.3 Å². The number of sulfone groups is 1. The van der Waals surface area contributed by atoms with Crippen molar-refractivity contribution < 1.29 is 17.9 Å². The molecule has 0 atom stereocenters. The van der Waals surface area contributed by atoms with E-state index in [-0.39, 0.29) is 36.5 Å². The molecule has 1 aliphatic heterocycles. The van der Waals surface area contributed by atoms with Crippen LogP contribution in [-0.4, -0.2) is 47.1 Å². The van der Waals surface area contributed by atoms with Crippen LogP contribution in [0.1, 0.15) is 12.0 Å². The van der Waals surface area contributed by atoms with E-state index in [1.54, 1.807) is 37.4 Å². The van der Waals surface area contributed by atoms with Crippen LogP contribution in [-0.2, 0) is 16.3 Å². The van der Waals surface area contributed by atoms with E-state index in [0.717, 1.165) is 23.5 Å². The molecule has 0 bridgehead atoms. The van der Waals surface area contributed by atoms with Crippen LogP contribution in [0.3, 0.4) is 0 Å². The Bertz CT molecular complexity index is 921. The van der Waals surface area contributed by atoms with Crippen molar-refractivity contribution in [1.82, 2.24) is 10.6 Å². The van der Waals surface area contributed by atoms with Gasteiger partial charge in [0.1, 0.15) is 0 Å². The molecule has 0 aliphatic carbocycles. The molecule has 9 heteroatoms. The molecule has 2 N–H and O–H groups in total. The molecule has 0 radical (unpaired) electrons. The van der Waals surface area contributed by atoms with E-state index in [0.29, 0.717) is 30.4 Å². The Balaban J connectivity index is 0.00000300. The zero-order chi connectivity index (χ0) is 19.8. The highest BCUT2D eigenvalue weighted by molar-refractivity contribution is 14.0. The van der Waals surface area contributed by atoms with E-state index in [1.165, 1.54) is 0 Å². The molecule has 1 aliphatic rings. The standard InChI is InChI=1S/C20H25N3O4S.HI/c1-21-20(22-11-5-13-28(24,25)17-6-3-2-4-7-17)23-12-10-16-8-9-18-19(14-16)27-15-26-18;/h2-4,6-9,14H,5,10-13,15H2,1H3,(H2,21,22,23);1H. The van der Waals surface area contributed by atoms with Gasteiger partial charge in [0, 0.05) is 20.1 Å². The summed E-state index contributed by atoms with van der Waals surface area (Å²) in [6, 6.07) is 14.4. The van der Waals surface area contributed by atoms with Gasteiger partial charge in [-0.3, -0.25) is 4.99 Å². The largest absolute Gasteiger partial charge is 0.454 e. The number of aliphatic imine (C=N–C) groups is 1. The zero-order valence-corrected chi connectivity index (χ0v) is 19.4. The van der Waals surface area contributed by atoms with E-state index in [9.17, 15) is 8.42 Å². The number of nitrogens with one attached hydrogen (secondary N) is 2. The second kappa shape index (κ2) is 11.2. The molecule has 29 heavy (non-hydrogen) atoms. The van der Waals surface area contributed by atoms with Gasteiger partial charge in [-0.05, 0) is 42.7 Å². The molecule has 0 amide bonds. The molecule has 0 saturated carbocycles. The first-order valence-electron chi connectivity index (χ1n) is 9.19. The zero-order valence-electron chi connectivity index (χ0n) is 16.3. The SMILES string of the molecule is CN=C(NCCCS(=O)(=O)c1ccccc1)NCCc1ccc2c(c1)OCO2.I. The predicted octanol–water partition coefficient (Wildman–Crippen LogP) is 2.60. The van der Waals surface area contributed by atoms with Gasteiger partial charge in [0.05, 0.1) is 10.6 Å². The minimum absolute atomic E-state index is 0. The molecular weight excluding hydrogens is 505 g/mol. The highest BCUT2D eigenvalue weighted by Crippen LogP contribution is 2.32. The van der Waals surface area contributed by atoms with Crippen molar-refractivity contribution in [3.8, 4) is 11.5 Å². The second-order valence-electron chi connectivity index (χ2n) is 6.35. The lowest BCUT2D eigenvalue weighted by atomic mass is 10.1. The molecule has 0 fully saturated rings. The van der Waals surface area contributed by atoms with Crippen molar-refractivity contribution in [3.63, 3.8) is 0 Å². The monoisotopic (exact) mass is 531 g/mol. The number of benzene rings is 2. The first kappa shape index (κ1) is 23.3. The van der Waals surface area contributed by atoms with Crippen LogP contribution < -0.4 is 20.1 Å². The van der Waals surface area contributed by atoms with Crippen LogP contribution in [0.5, 0.6) is 11.5 Å². The van der Waals surface area contributed by atoms with Gasteiger partial charge in [-0.2, -0.15) is 0 Å². The molecular formula is C20H26IN3O4S. The Morgan fingerprint density at radius 3 is 2.52 bits per heavy atom. The molecule has 2 aromatic carbocycles. The number of hydrogen-bond donors (Lipinski definition) is 2. The Hall–Kier alpha value is -2.01. The van der Waals surface area contributed by atoms with Crippen LogP contribution in [0.2, 0.25) is 0 Å². The third-order valence-corrected chi connectivity index (χ3v) is 6.17. The van der Waals surface area contributed by atoms with Crippen molar-refractivity contribution >= 4 is 39.8 Å². The summed E-state index contributed by atoms with van der Waals surface area (Å²) in [7, 11) is -1.55. The lowest BCUT2D eigenvalue weighted by molar-refractivity contribution is 0.174. The molecule has 3 rings (SSSR count). The summed E-state index contributed by atoms with van der Waals surface area (Å²) in [5.74, 6) is 2.30. The van der Waals surface area contributed by atoms with Gasteiger partial charge >= 0.3 is 0 Å². The van der Waals surface area contributed by atoms with Crippen LogP contribution in [0.4, 0.5) is 0 Å². The number of halogens is 1. The molecule has 2 aromatic rings. The summed E-state index contributed by atoms with van der Waals surface area (Å²) in [6.45, 7) is 1.49. The smallest absolute Gasteiger partial charge is 0.231 e. The number of guanidine groups is 1. The van der Waals surface area contributed by atoms with E-state index in [2.05, 4.69) is 15.6 Å². The molecule has 7 nitrogen and oxygen atoms in total. The van der Waals surface area contributed by atoms with E-state index in [1.807, 2.05) is 18.2 Å². The van der Waals surface area contributed by atoms with Crippen LogP contribution >= 0.6 is 24.0 Å². The van der Waals surface area contributed by atoms with Crippen molar-refractivity contribution in [2.75, 3.05) is 32.7 Å². The predicted molar refractivity (Wildman–Crippen MR) is 124 cm³/mol. The van der Waals surface area contributed by atoms with Crippen LogP contribution in [0.25, 0.3) is 0 Å². The van der Waals surface area contributed by atoms with Crippen LogP contribution in [0.15, 0.2) is 58.4 Å². The number of rotatable bonds is 8. The lowest BCUT2D eigenvalue weighted by Crippen LogP contribution is -2.39. The van der Waals surface area contributed by atoms with Gasteiger partial charge < -0.3 is 20.1 Å². The fourth-order valence-corrected chi connectivity index (χ4v) is 4.19. The highest BCUT2D eigenvalue weighted by atomic mass is 127. The summed E-state index contributed by atoms with van der Waals surface area (Å²) >= 11 is 0. The molecule has 0 unspecified atom stereocenters. The highest BCUT2D eigenvalue weighted by Gasteiger charge is 2.14. The first-order chi connectivity index (χ1) is 13.6. The average molecular weight is 531 g/mol. The topological polar surface area (TPSA) is 89.0 Å². The Morgan fingerprint density at radius 2 is 1.76 bits per heavy atom. The Morgan fingerprint density at radius 1 is 1.03 bits per heavy atom. The molecule has 0 spiro atoms. The van der Waals surface area contributed by atoms with Crippen molar-refractivity contribution in [2.45, 2.75) is 17.7 Å². The number of fused-ring (bicyclic) bond motifs is 1. The number of hydrogen-bond acceptors (Lipinski definition) is 5. The van der Waals surface area contributed by atoms with Crippen molar-refractivity contribution in [3.05, 3.63) is 54.1 Å². The lowest BCUT2D eigenvalue weighted by Gasteiger charge is -2.12. The minimum Gasteiger partial charge on any atom is -0.454 e. The summed E-state index contributed by atoms with van der Waals surface area (Å²) in [5.41, 5.74) is 1.14. The Kier molecular flexibility index (Phi) is 9.02. The molecule has 158 valence electrons. The van der Waals surface area contributed by atoms with Crippen molar-refractivity contribution in [2.24, 2.45) is 4.99 Å². The summed E-state index contributed by atoms with van der Waals surface area (Å²) in [6.07, 6.45) is 1.31. The maximum atomic E-state index is 12.3. The average Bonchev–Trinajstić information content (AvgIpc) is 3.18. The summed E-state index contributed by atoms with van der Waals surface area (Å²) in [4.78, 5) is 4.53. The van der Waals surface area contributed by atoms with Gasteiger partial charge in [-0.15, -0.1) is 24.0 Å². The summed E-state index contributed by atoms with van der Waals surface area (Å²) < 4.78 is 35.2. The number of ether oxygens (including phenoxy) is 2. The Labute approximate surface area is 188 Å². The van der Waals surface area contributed by atoms with Crippen LogP contribution in [0, 0.1) is 0 Å². The molecule has 1 heterocycles. The quantitative estimate of drug-likeness (QED) is 0.236. The second-order valence-corrected chi connectivity index (χ2v) is 8.46. The van der Waals surface area contributed by atoms with Gasteiger partial charge in [0.2, 0.25) is 6.79 Å². The van der Waals surface area contributed by atoms with Crippen molar-refractivity contribution in [1.29, 1.82) is 0 Å². The number of nitrogens with zero attached hydrogens (tertiary/aromatic N) is 1. The maximum absolute atomic E-state index is 12.3.